The smallest absolute Gasteiger partial charge is 0.0828 e. The number of hydrogen-bond acceptors (Lipinski definition) is 2. The molecule has 1 aromatic carbocycles. The summed E-state index contributed by atoms with van der Waals surface area (Å²) in [5, 5.41) is 12.3. The first kappa shape index (κ1) is 14.2. The van der Waals surface area contributed by atoms with Crippen LogP contribution in [0.5, 0.6) is 0 Å². The monoisotopic (exact) mass is 275 g/mol. The van der Waals surface area contributed by atoms with Gasteiger partial charge in [0.2, 0.25) is 0 Å². The average Bonchev–Trinajstić information content (AvgIpc) is 2.47. The third-order valence-electron chi connectivity index (χ3n) is 3.60. The zero-order valence-electron chi connectivity index (χ0n) is 11.1. The Balaban J connectivity index is 2.05. The van der Waals surface area contributed by atoms with Crippen LogP contribution < -0.4 is 5.32 Å². The topological polar surface area (TPSA) is 32.3 Å². The van der Waals surface area contributed by atoms with E-state index in [1.807, 2.05) is 30.3 Å². The van der Waals surface area contributed by atoms with Crippen LogP contribution >= 0.6 is 12.2 Å². The number of thiocarbonyl (C=S) groups is 1. The number of benzene rings is 1. The molecule has 102 valence electrons. The number of aliphatic hydroxyl groups is 1. The van der Waals surface area contributed by atoms with Crippen LogP contribution in [0.15, 0.2) is 30.3 Å². The molecule has 1 saturated carbocycles. The second-order valence-electron chi connectivity index (χ2n) is 5.00. The van der Waals surface area contributed by atoms with E-state index in [1.165, 1.54) is 32.1 Å². The number of hydrogen-bond donors (Lipinski definition) is 2. The zero-order chi connectivity index (χ0) is 13.5. The van der Waals surface area contributed by atoms with E-state index in [4.69, 9.17) is 17.3 Å². The van der Waals surface area contributed by atoms with Crippen molar-refractivity contribution < 1.29 is 5.11 Å². The minimum atomic E-state index is 0.0570. The van der Waals surface area contributed by atoms with Crippen molar-refractivity contribution in [1.29, 1.82) is 0 Å². The molecule has 2 nitrogen and oxygen atoms in total. The molecular formula is C16H21NOS. The van der Waals surface area contributed by atoms with Gasteiger partial charge in [-0.2, -0.15) is 0 Å². The number of aliphatic hydroxyl groups excluding tert-OH is 1. The van der Waals surface area contributed by atoms with E-state index in [2.05, 4.69) is 5.32 Å². The molecule has 1 aliphatic rings. The molecule has 19 heavy (non-hydrogen) atoms. The molecular weight excluding hydrogens is 254 g/mol. The van der Waals surface area contributed by atoms with E-state index < -0.39 is 0 Å². The first-order valence-corrected chi connectivity index (χ1v) is 7.39. The fourth-order valence-corrected chi connectivity index (χ4v) is 2.88. The van der Waals surface area contributed by atoms with Crippen LogP contribution in [0.1, 0.15) is 37.7 Å². The third kappa shape index (κ3) is 4.15. The lowest BCUT2D eigenvalue weighted by atomic mass is 9.89. The molecule has 0 spiro atoms. The van der Waals surface area contributed by atoms with Gasteiger partial charge in [0, 0.05) is 11.6 Å². The minimum absolute atomic E-state index is 0.0570. The van der Waals surface area contributed by atoms with Gasteiger partial charge in [-0.25, -0.2) is 0 Å². The highest BCUT2D eigenvalue weighted by Gasteiger charge is 2.18. The number of anilines is 1. The van der Waals surface area contributed by atoms with E-state index in [-0.39, 0.29) is 6.61 Å². The normalized spacial score (nSPS) is 16.7. The molecule has 3 heteroatoms. The molecule has 0 heterocycles. The minimum Gasteiger partial charge on any atom is -0.392 e. The summed E-state index contributed by atoms with van der Waals surface area (Å²) >= 11 is 5.54. The van der Waals surface area contributed by atoms with Crippen molar-refractivity contribution in [3.63, 3.8) is 0 Å². The zero-order valence-corrected chi connectivity index (χ0v) is 12.0. The van der Waals surface area contributed by atoms with Crippen LogP contribution in [0.4, 0.5) is 5.69 Å². The summed E-state index contributed by atoms with van der Waals surface area (Å²) in [4.78, 5) is 0.963. The Kier molecular flexibility index (Phi) is 5.55. The maximum atomic E-state index is 8.87. The van der Waals surface area contributed by atoms with Crippen molar-refractivity contribution >= 4 is 29.0 Å². The first-order valence-electron chi connectivity index (χ1n) is 6.98. The van der Waals surface area contributed by atoms with Crippen LogP contribution in [0.2, 0.25) is 0 Å². The van der Waals surface area contributed by atoms with E-state index in [1.54, 1.807) is 6.08 Å². The van der Waals surface area contributed by atoms with Gasteiger partial charge in [0.05, 0.1) is 11.6 Å². The van der Waals surface area contributed by atoms with Gasteiger partial charge in [-0.1, -0.05) is 61.8 Å². The number of nitrogens with one attached hydrogen (secondary N) is 1. The van der Waals surface area contributed by atoms with Crippen molar-refractivity contribution in [3.05, 3.63) is 35.9 Å². The summed E-state index contributed by atoms with van der Waals surface area (Å²) < 4.78 is 0. The van der Waals surface area contributed by atoms with Gasteiger partial charge in [0.1, 0.15) is 0 Å². The molecule has 1 aromatic rings. The van der Waals surface area contributed by atoms with Crippen LogP contribution in [0.25, 0.3) is 6.08 Å². The molecule has 0 bridgehead atoms. The highest BCUT2D eigenvalue weighted by atomic mass is 32.1. The maximum absolute atomic E-state index is 8.87. The Morgan fingerprint density at radius 3 is 2.74 bits per heavy atom. The Morgan fingerprint density at radius 1 is 1.26 bits per heavy atom. The van der Waals surface area contributed by atoms with Gasteiger partial charge in [0.15, 0.2) is 0 Å². The molecule has 0 unspecified atom stereocenters. The lowest BCUT2D eigenvalue weighted by Crippen LogP contribution is -2.23. The second kappa shape index (κ2) is 7.41. The van der Waals surface area contributed by atoms with Crippen molar-refractivity contribution in [2.24, 2.45) is 5.92 Å². The Bertz CT molecular complexity index is 450. The molecule has 1 aliphatic carbocycles. The van der Waals surface area contributed by atoms with Crippen LogP contribution in [0.3, 0.4) is 0 Å². The Labute approximate surface area is 120 Å². The molecule has 0 aliphatic heterocycles. The van der Waals surface area contributed by atoms with Crippen molar-refractivity contribution in [2.75, 3.05) is 11.9 Å². The van der Waals surface area contributed by atoms with E-state index in [0.29, 0.717) is 5.92 Å². The first-order chi connectivity index (χ1) is 9.31. The molecule has 0 saturated heterocycles. The van der Waals surface area contributed by atoms with Crippen molar-refractivity contribution in [2.45, 2.75) is 32.1 Å². The standard InChI is InChI=1S/C16H21NOS/c18-12-6-10-13-7-4-5-11-15(13)17-16(19)14-8-2-1-3-9-14/h4-7,10-11,14,18H,1-3,8-9,12H2,(H,17,19)/b10-6+. The van der Waals surface area contributed by atoms with Gasteiger partial charge < -0.3 is 10.4 Å². The predicted molar refractivity (Wildman–Crippen MR) is 85.4 cm³/mol. The fraction of sp³-hybridized carbons (Fsp3) is 0.438. The fourth-order valence-electron chi connectivity index (χ4n) is 2.54. The van der Waals surface area contributed by atoms with Gasteiger partial charge in [0.25, 0.3) is 0 Å². The lowest BCUT2D eigenvalue weighted by Gasteiger charge is -2.23. The number of rotatable bonds is 4. The summed E-state index contributed by atoms with van der Waals surface area (Å²) in [6, 6.07) is 8.05. The highest BCUT2D eigenvalue weighted by molar-refractivity contribution is 7.80. The quantitative estimate of drug-likeness (QED) is 0.814. The summed E-state index contributed by atoms with van der Waals surface area (Å²) in [6.07, 6.45) is 10.0. The van der Waals surface area contributed by atoms with E-state index >= 15 is 0 Å². The van der Waals surface area contributed by atoms with Crippen molar-refractivity contribution in [1.82, 2.24) is 0 Å². The summed E-state index contributed by atoms with van der Waals surface area (Å²) in [6.45, 7) is 0.0570. The Morgan fingerprint density at radius 2 is 2.00 bits per heavy atom. The molecule has 0 amide bonds. The highest BCUT2D eigenvalue weighted by Crippen LogP contribution is 2.26. The lowest BCUT2D eigenvalue weighted by molar-refractivity contribution is 0.343. The molecule has 0 radical (unpaired) electrons. The summed E-state index contributed by atoms with van der Waals surface area (Å²) in [5.41, 5.74) is 2.09. The van der Waals surface area contributed by atoms with Gasteiger partial charge >= 0.3 is 0 Å². The maximum Gasteiger partial charge on any atom is 0.0828 e. The van der Waals surface area contributed by atoms with Gasteiger partial charge in [-0.15, -0.1) is 0 Å². The van der Waals surface area contributed by atoms with Crippen molar-refractivity contribution in [3.8, 4) is 0 Å². The summed E-state index contributed by atoms with van der Waals surface area (Å²) in [5.74, 6) is 0.527. The van der Waals surface area contributed by atoms with E-state index in [9.17, 15) is 0 Å². The van der Waals surface area contributed by atoms with Crippen LogP contribution in [-0.2, 0) is 0 Å². The van der Waals surface area contributed by atoms with Crippen LogP contribution in [-0.4, -0.2) is 16.7 Å². The van der Waals surface area contributed by atoms with Gasteiger partial charge in [-0.3, -0.25) is 0 Å². The number of para-hydroxylation sites is 1. The largest absolute Gasteiger partial charge is 0.392 e. The average molecular weight is 275 g/mol. The third-order valence-corrected chi connectivity index (χ3v) is 4.03. The molecule has 0 aromatic heterocycles. The molecule has 0 atom stereocenters. The SMILES string of the molecule is OC/C=C/c1ccccc1NC(=S)C1CCCCC1. The molecule has 2 N–H and O–H groups in total. The van der Waals surface area contributed by atoms with Crippen LogP contribution in [0, 0.1) is 5.92 Å². The predicted octanol–water partition coefficient (Wildman–Crippen LogP) is 4.01. The Hall–Kier alpha value is -1.19. The summed E-state index contributed by atoms with van der Waals surface area (Å²) in [7, 11) is 0. The molecule has 2 rings (SSSR count). The van der Waals surface area contributed by atoms with E-state index in [0.717, 1.165) is 16.2 Å². The second-order valence-corrected chi connectivity index (χ2v) is 5.44. The van der Waals surface area contributed by atoms with Gasteiger partial charge in [-0.05, 0) is 24.5 Å². The molecule has 1 fully saturated rings.